The van der Waals surface area contributed by atoms with E-state index >= 15 is 0 Å². The molecule has 0 amide bonds. The largest absolute Gasteiger partial charge is 0.477 e. The number of aromatic carboxylic acids is 1. The van der Waals surface area contributed by atoms with Crippen LogP contribution < -0.4 is 11.2 Å². The fourth-order valence-electron chi connectivity index (χ4n) is 3.15. The first-order valence-corrected chi connectivity index (χ1v) is 9.65. The first-order chi connectivity index (χ1) is 14.3. The van der Waals surface area contributed by atoms with Gasteiger partial charge in [-0.05, 0) is 12.5 Å². The first-order valence-electron chi connectivity index (χ1n) is 8.83. The second kappa shape index (κ2) is 7.91. The predicted molar refractivity (Wildman–Crippen MR) is 103 cm³/mol. The molecule has 6 nitrogen and oxygen atoms in total. The molecule has 0 aliphatic rings. The van der Waals surface area contributed by atoms with E-state index in [1.54, 1.807) is 0 Å². The van der Waals surface area contributed by atoms with E-state index in [1.165, 1.54) is 25.1 Å². The van der Waals surface area contributed by atoms with Gasteiger partial charge in [-0.1, -0.05) is 30.3 Å². The molecule has 1 aromatic carbocycles. The smallest absolute Gasteiger partial charge is 0.390 e. The maximum Gasteiger partial charge on any atom is 0.390 e. The third-order valence-corrected chi connectivity index (χ3v) is 5.96. The minimum absolute atomic E-state index is 0.102. The van der Waals surface area contributed by atoms with Crippen molar-refractivity contribution in [1.82, 2.24) is 9.13 Å². The number of nitrogens with zero attached hydrogens (tertiary/aromatic N) is 2. The van der Waals surface area contributed by atoms with Crippen molar-refractivity contribution >= 4 is 27.5 Å². The van der Waals surface area contributed by atoms with Crippen LogP contribution in [0.4, 0.5) is 22.0 Å². The van der Waals surface area contributed by atoms with Crippen molar-refractivity contribution in [3.8, 4) is 0 Å². The van der Waals surface area contributed by atoms with E-state index in [2.05, 4.69) is 0 Å². The maximum absolute atomic E-state index is 14.8. The lowest BCUT2D eigenvalue weighted by Gasteiger charge is -2.19. The van der Waals surface area contributed by atoms with Crippen LogP contribution in [0.3, 0.4) is 0 Å². The molecule has 0 aliphatic carbocycles. The van der Waals surface area contributed by atoms with Crippen molar-refractivity contribution in [2.24, 2.45) is 0 Å². The van der Waals surface area contributed by atoms with Crippen LogP contribution >= 0.6 is 11.3 Å². The highest BCUT2D eigenvalue weighted by Gasteiger charge is 2.35. The Morgan fingerprint density at radius 1 is 1.06 bits per heavy atom. The zero-order valence-electron chi connectivity index (χ0n) is 15.9. The lowest BCUT2D eigenvalue weighted by Crippen LogP contribution is -2.43. The molecule has 0 bridgehead atoms. The number of halogens is 5. The molecule has 0 unspecified atom stereocenters. The lowest BCUT2D eigenvalue weighted by molar-refractivity contribution is -0.136. The van der Waals surface area contributed by atoms with Gasteiger partial charge in [-0.3, -0.25) is 13.9 Å². The molecule has 0 aliphatic heterocycles. The predicted octanol–water partition coefficient (Wildman–Crippen LogP) is 3.98. The molecular weight excluding hydrogens is 447 g/mol. The Hall–Kier alpha value is -3.02. The maximum atomic E-state index is 14.8. The Morgan fingerprint density at radius 2 is 1.68 bits per heavy atom. The minimum atomic E-state index is -4.66. The fourth-order valence-corrected chi connectivity index (χ4v) is 4.30. The van der Waals surface area contributed by atoms with Crippen molar-refractivity contribution in [2.45, 2.75) is 38.5 Å². The summed E-state index contributed by atoms with van der Waals surface area (Å²) >= 11 is 0.456. The molecule has 12 heteroatoms. The summed E-state index contributed by atoms with van der Waals surface area (Å²) in [5.74, 6) is -5.13. The number of hydrogen-bond donors (Lipinski definition) is 1. The summed E-state index contributed by atoms with van der Waals surface area (Å²) < 4.78 is 68.5. The summed E-state index contributed by atoms with van der Waals surface area (Å²) in [5.41, 5.74) is -3.14. The number of aromatic nitrogens is 2. The molecule has 0 saturated heterocycles. The average Bonchev–Trinajstić information content (AvgIpc) is 3.02. The molecule has 31 heavy (non-hydrogen) atoms. The molecule has 1 N–H and O–H groups in total. The summed E-state index contributed by atoms with van der Waals surface area (Å²) in [6, 6.07) is 6.33. The number of carbonyl (C=O) groups is 1. The Kier molecular flexibility index (Phi) is 5.78. The van der Waals surface area contributed by atoms with Gasteiger partial charge in [0.25, 0.3) is 11.5 Å². The number of hydrogen-bond acceptors (Lipinski definition) is 4. The SMILES string of the molecule is Cc1c(C(=O)O)sc2c1c(=O)n(CC(F)(F)c1ccccc1)c(=O)n2CCC(F)(F)F. The van der Waals surface area contributed by atoms with Crippen LogP contribution in [0.5, 0.6) is 0 Å². The van der Waals surface area contributed by atoms with Gasteiger partial charge in [0.1, 0.15) is 9.71 Å². The zero-order valence-corrected chi connectivity index (χ0v) is 16.7. The molecule has 0 spiro atoms. The van der Waals surface area contributed by atoms with Crippen LogP contribution in [0.15, 0.2) is 39.9 Å². The van der Waals surface area contributed by atoms with Gasteiger partial charge in [0.05, 0.1) is 18.4 Å². The molecule has 0 fully saturated rings. The Labute approximate surface area is 174 Å². The van der Waals surface area contributed by atoms with Gasteiger partial charge in [-0.15, -0.1) is 11.3 Å². The van der Waals surface area contributed by atoms with E-state index in [9.17, 15) is 41.4 Å². The van der Waals surface area contributed by atoms with Crippen LogP contribution in [0.2, 0.25) is 0 Å². The van der Waals surface area contributed by atoms with Crippen LogP contribution in [-0.2, 0) is 19.0 Å². The van der Waals surface area contributed by atoms with E-state index in [0.717, 1.165) is 12.1 Å². The third-order valence-electron chi connectivity index (χ3n) is 4.66. The molecule has 3 aromatic rings. The highest BCUT2D eigenvalue weighted by atomic mass is 32.1. The average molecular weight is 462 g/mol. The molecule has 0 radical (unpaired) electrons. The van der Waals surface area contributed by atoms with Gasteiger partial charge in [0.15, 0.2) is 0 Å². The summed E-state index contributed by atoms with van der Waals surface area (Å²) in [7, 11) is 0. The number of carboxylic acids is 1. The molecule has 0 atom stereocenters. The second-order valence-corrected chi connectivity index (χ2v) is 7.80. The molecular formula is C19H15F5N2O4S. The lowest BCUT2D eigenvalue weighted by atomic mass is 10.1. The van der Waals surface area contributed by atoms with Crippen LogP contribution in [-0.4, -0.2) is 26.4 Å². The Balaban J connectivity index is 2.26. The van der Waals surface area contributed by atoms with E-state index in [0.29, 0.717) is 15.9 Å². The quantitative estimate of drug-likeness (QED) is 0.562. The number of benzene rings is 1. The second-order valence-electron chi connectivity index (χ2n) is 6.80. The van der Waals surface area contributed by atoms with E-state index in [-0.39, 0.29) is 25.2 Å². The van der Waals surface area contributed by atoms with Gasteiger partial charge in [-0.2, -0.15) is 22.0 Å². The summed E-state index contributed by atoms with van der Waals surface area (Å²) in [6.45, 7) is -1.12. The van der Waals surface area contributed by atoms with Crippen LogP contribution in [0.1, 0.15) is 27.2 Å². The standard InChI is InChI=1S/C19H15F5N2O4S/c1-10-12-14(27)26(9-18(20,21)11-5-3-2-4-6-11)17(30)25(8-7-19(22,23)24)15(12)31-13(10)16(28)29/h2-6H,7-9H2,1H3,(H,28,29). The van der Waals surface area contributed by atoms with Gasteiger partial charge in [-0.25, -0.2) is 9.59 Å². The van der Waals surface area contributed by atoms with Gasteiger partial charge in [0.2, 0.25) is 0 Å². The number of carboxylic acid groups (broad SMARTS) is 1. The number of rotatable bonds is 6. The normalized spacial score (nSPS) is 12.5. The molecule has 2 heterocycles. The molecule has 3 rings (SSSR count). The number of fused-ring (bicyclic) bond motifs is 1. The van der Waals surface area contributed by atoms with Gasteiger partial charge < -0.3 is 5.11 Å². The molecule has 0 saturated carbocycles. The topological polar surface area (TPSA) is 81.3 Å². The van der Waals surface area contributed by atoms with Crippen molar-refractivity contribution in [3.05, 3.63) is 67.2 Å². The van der Waals surface area contributed by atoms with Gasteiger partial charge >= 0.3 is 17.8 Å². The van der Waals surface area contributed by atoms with Crippen molar-refractivity contribution in [2.75, 3.05) is 0 Å². The first kappa shape index (κ1) is 22.7. The van der Waals surface area contributed by atoms with Crippen molar-refractivity contribution in [3.63, 3.8) is 0 Å². The van der Waals surface area contributed by atoms with E-state index < -0.39 is 54.4 Å². The van der Waals surface area contributed by atoms with Crippen LogP contribution in [0.25, 0.3) is 10.2 Å². The minimum Gasteiger partial charge on any atom is -0.477 e. The van der Waals surface area contributed by atoms with E-state index in [1.807, 2.05) is 0 Å². The Morgan fingerprint density at radius 3 is 2.23 bits per heavy atom. The highest BCUT2D eigenvalue weighted by molar-refractivity contribution is 7.20. The fraction of sp³-hybridized carbons (Fsp3) is 0.316. The van der Waals surface area contributed by atoms with Crippen molar-refractivity contribution in [1.29, 1.82) is 0 Å². The summed E-state index contributed by atoms with van der Waals surface area (Å²) in [5, 5.41) is 8.93. The highest BCUT2D eigenvalue weighted by Crippen LogP contribution is 2.31. The summed E-state index contributed by atoms with van der Waals surface area (Å²) in [4.78, 5) is 36.5. The van der Waals surface area contributed by atoms with Gasteiger partial charge in [0, 0.05) is 12.1 Å². The van der Waals surface area contributed by atoms with Crippen molar-refractivity contribution < 1.29 is 31.9 Å². The number of aryl methyl sites for hydroxylation is 2. The third kappa shape index (κ3) is 4.38. The molecule has 166 valence electrons. The van der Waals surface area contributed by atoms with E-state index in [4.69, 9.17) is 0 Å². The number of thiophene rings is 1. The monoisotopic (exact) mass is 462 g/mol. The zero-order chi connectivity index (χ0) is 23.1. The Bertz CT molecular complexity index is 1260. The summed E-state index contributed by atoms with van der Waals surface area (Å²) in [6.07, 6.45) is -6.13. The molecule has 2 aromatic heterocycles. The number of alkyl halides is 5. The van der Waals surface area contributed by atoms with Crippen LogP contribution in [0, 0.1) is 6.92 Å².